The van der Waals surface area contributed by atoms with Crippen LogP contribution in [0.2, 0.25) is 5.02 Å². The molecule has 2 aromatic rings. The molecule has 1 aliphatic rings. The number of nitrogens with zero attached hydrogens (tertiary/aromatic N) is 1. The number of methoxy groups -OCH3 is 1. The average molecular weight is 469 g/mol. The smallest absolute Gasteiger partial charge is 0.298 e. The second kappa shape index (κ2) is 8.37. The van der Waals surface area contributed by atoms with E-state index in [1.807, 2.05) is 6.92 Å². The zero-order chi connectivity index (χ0) is 19.6. The predicted octanol–water partition coefficient (Wildman–Crippen LogP) is 5.75. The Hall–Kier alpha value is -1.96. The normalized spacial score (nSPS) is 15.6. The highest BCUT2D eigenvalue weighted by atomic mass is 79.9. The molecule has 2 aromatic carbocycles. The van der Waals surface area contributed by atoms with Crippen molar-refractivity contribution in [2.24, 2.45) is 0 Å². The lowest BCUT2D eigenvalue weighted by atomic mass is 10.1. The minimum absolute atomic E-state index is 0.318. The summed E-state index contributed by atoms with van der Waals surface area (Å²) in [5.41, 5.74) is 1.15. The van der Waals surface area contributed by atoms with E-state index < -0.39 is 5.91 Å². The van der Waals surface area contributed by atoms with Crippen LogP contribution in [-0.4, -0.2) is 24.9 Å². The van der Waals surface area contributed by atoms with Crippen molar-refractivity contribution < 1.29 is 19.1 Å². The van der Waals surface area contributed by atoms with E-state index in [0.29, 0.717) is 43.8 Å². The molecule has 3 rings (SSSR count). The maximum Gasteiger partial charge on any atom is 0.298 e. The zero-order valence-electron chi connectivity index (χ0n) is 14.5. The number of amides is 2. The van der Waals surface area contributed by atoms with Crippen LogP contribution in [0.25, 0.3) is 6.08 Å². The van der Waals surface area contributed by atoms with Crippen LogP contribution in [0, 0.1) is 0 Å². The molecule has 5 nitrogen and oxygen atoms in total. The quantitative estimate of drug-likeness (QED) is 0.523. The number of anilines is 1. The summed E-state index contributed by atoms with van der Waals surface area (Å²) in [6.45, 7) is 2.37. The number of carbonyl (C=O) groups excluding carboxylic acids is 2. The van der Waals surface area contributed by atoms with Crippen LogP contribution in [0.4, 0.5) is 10.5 Å². The molecule has 0 radical (unpaired) electrons. The molecule has 1 fully saturated rings. The lowest BCUT2D eigenvalue weighted by Gasteiger charge is -2.13. The minimum Gasteiger partial charge on any atom is -0.493 e. The number of benzene rings is 2. The molecule has 0 bridgehead atoms. The third-order valence-electron chi connectivity index (χ3n) is 3.70. The van der Waals surface area contributed by atoms with Gasteiger partial charge in [0.25, 0.3) is 11.1 Å². The van der Waals surface area contributed by atoms with E-state index in [1.54, 1.807) is 49.6 Å². The summed E-state index contributed by atoms with van der Waals surface area (Å²) in [7, 11) is 1.54. The van der Waals surface area contributed by atoms with E-state index in [2.05, 4.69) is 15.9 Å². The molecule has 1 saturated heterocycles. The van der Waals surface area contributed by atoms with Gasteiger partial charge in [-0.15, -0.1) is 0 Å². The Kier molecular flexibility index (Phi) is 6.14. The van der Waals surface area contributed by atoms with Crippen LogP contribution < -0.4 is 14.4 Å². The molecule has 0 unspecified atom stereocenters. The minimum atomic E-state index is -0.392. The molecule has 2 amide bonds. The summed E-state index contributed by atoms with van der Waals surface area (Å²) in [4.78, 5) is 26.5. The van der Waals surface area contributed by atoms with Gasteiger partial charge in [-0.3, -0.25) is 9.59 Å². The number of thioether (sulfide) groups is 1. The molecular weight excluding hydrogens is 454 g/mol. The maximum atomic E-state index is 12.7. The van der Waals surface area contributed by atoms with Gasteiger partial charge in [-0.1, -0.05) is 17.7 Å². The van der Waals surface area contributed by atoms with E-state index >= 15 is 0 Å². The Bertz CT molecular complexity index is 947. The highest BCUT2D eigenvalue weighted by molar-refractivity contribution is 9.10. The molecule has 8 heteroatoms. The third-order valence-corrected chi connectivity index (χ3v) is 5.39. The molecule has 0 N–H and O–H groups in total. The second-order valence-corrected chi connectivity index (χ2v) is 7.75. The molecule has 0 aliphatic carbocycles. The van der Waals surface area contributed by atoms with Gasteiger partial charge in [0.05, 0.1) is 28.8 Å². The summed E-state index contributed by atoms with van der Waals surface area (Å²) in [5, 5.41) is 0.0844. The van der Waals surface area contributed by atoms with Crippen molar-refractivity contribution >= 4 is 62.2 Å². The van der Waals surface area contributed by atoms with Crippen molar-refractivity contribution in [3.8, 4) is 11.5 Å². The molecule has 0 aromatic heterocycles. The standard InChI is InChI=1S/C19H15BrClNO4S/c1-3-26-17-14(20)7-11(8-15(17)25-2)9-16-18(23)22(19(24)27-16)13-6-4-5-12(21)10-13/h4-10H,3H2,1-2H3/b16-9-. The summed E-state index contributed by atoms with van der Waals surface area (Å²) in [6, 6.07) is 10.2. The Labute approximate surface area is 174 Å². The molecular formula is C19H15BrClNO4S. The van der Waals surface area contributed by atoms with Gasteiger partial charge in [0.15, 0.2) is 11.5 Å². The fraction of sp³-hybridized carbons (Fsp3) is 0.158. The molecule has 0 spiro atoms. The third kappa shape index (κ3) is 4.15. The number of hydrogen-bond donors (Lipinski definition) is 0. The van der Waals surface area contributed by atoms with Crippen molar-refractivity contribution in [3.63, 3.8) is 0 Å². The maximum absolute atomic E-state index is 12.7. The van der Waals surface area contributed by atoms with E-state index in [0.717, 1.165) is 16.7 Å². The number of halogens is 2. The topological polar surface area (TPSA) is 55.8 Å². The van der Waals surface area contributed by atoms with Crippen LogP contribution in [0.5, 0.6) is 11.5 Å². The summed E-state index contributed by atoms with van der Waals surface area (Å²) < 4.78 is 11.6. The van der Waals surface area contributed by atoms with Gasteiger partial charge in [-0.05, 0) is 76.6 Å². The van der Waals surface area contributed by atoms with Crippen molar-refractivity contribution in [3.05, 3.63) is 56.4 Å². The van der Waals surface area contributed by atoms with Gasteiger partial charge in [-0.25, -0.2) is 4.90 Å². The lowest BCUT2D eigenvalue weighted by molar-refractivity contribution is -0.113. The van der Waals surface area contributed by atoms with Gasteiger partial charge in [-0.2, -0.15) is 0 Å². The first kappa shape index (κ1) is 19.8. The molecule has 1 aliphatic heterocycles. The Morgan fingerprint density at radius 1 is 1.26 bits per heavy atom. The van der Waals surface area contributed by atoms with E-state index in [9.17, 15) is 9.59 Å². The molecule has 0 atom stereocenters. The van der Waals surface area contributed by atoms with Gasteiger partial charge in [0.1, 0.15) is 0 Å². The van der Waals surface area contributed by atoms with Gasteiger partial charge >= 0.3 is 0 Å². The number of ether oxygens (including phenoxy) is 2. The second-order valence-electron chi connectivity index (χ2n) is 5.46. The lowest BCUT2D eigenvalue weighted by Crippen LogP contribution is -2.27. The van der Waals surface area contributed by atoms with Gasteiger partial charge < -0.3 is 9.47 Å². The predicted molar refractivity (Wildman–Crippen MR) is 112 cm³/mol. The number of hydrogen-bond acceptors (Lipinski definition) is 5. The van der Waals surface area contributed by atoms with Gasteiger partial charge in [0, 0.05) is 5.02 Å². The number of carbonyl (C=O) groups is 2. The Balaban J connectivity index is 1.95. The van der Waals surface area contributed by atoms with E-state index in [1.165, 1.54) is 0 Å². The summed E-state index contributed by atoms with van der Waals surface area (Å²) >= 11 is 10.3. The van der Waals surface area contributed by atoms with Gasteiger partial charge in [0.2, 0.25) is 0 Å². The Morgan fingerprint density at radius 3 is 2.70 bits per heavy atom. The molecule has 1 heterocycles. The summed E-state index contributed by atoms with van der Waals surface area (Å²) in [6.07, 6.45) is 1.65. The number of rotatable bonds is 5. The van der Waals surface area contributed by atoms with E-state index in [4.69, 9.17) is 21.1 Å². The first-order valence-electron chi connectivity index (χ1n) is 7.98. The highest BCUT2D eigenvalue weighted by Gasteiger charge is 2.36. The fourth-order valence-electron chi connectivity index (χ4n) is 2.56. The molecule has 140 valence electrons. The van der Waals surface area contributed by atoms with Crippen LogP contribution >= 0.6 is 39.3 Å². The fourth-order valence-corrected chi connectivity index (χ4v) is 4.16. The summed E-state index contributed by atoms with van der Waals surface area (Å²) in [5.74, 6) is 0.729. The zero-order valence-corrected chi connectivity index (χ0v) is 17.7. The number of imide groups is 1. The Morgan fingerprint density at radius 2 is 2.04 bits per heavy atom. The first-order chi connectivity index (χ1) is 12.9. The van der Waals surface area contributed by atoms with E-state index in [-0.39, 0.29) is 5.24 Å². The van der Waals surface area contributed by atoms with Crippen molar-refractivity contribution in [2.75, 3.05) is 18.6 Å². The average Bonchev–Trinajstić information content (AvgIpc) is 2.90. The largest absolute Gasteiger partial charge is 0.493 e. The van der Waals surface area contributed by atoms with Crippen LogP contribution in [0.3, 0.4) is 0 Å². The molecule has 27 heavy (non-hydrogen) atoms. The molecule has 0 saturated carbocycles. The highest BCUT2D eigenvalue weighted by Crippen LogP contribution is 2.40. The van der Waals surface area contributed by atoms with Crippen molar-refractivity contribution in [2.45, 2.75) is 6.92 Å². The SMILES string of the molecule is CCOc1c(Br)cc(/C=C2\SC(=O)N(c3cccc(Cl)c3)C2=O)cc1OC. The van der Waals surface area contributed by atoms with Crippen molar-refractivity contribution in [1.82, 2.24) is 0 Å². The first-order valence-corrected chi connectivity index (χ1v) is 9.97. The van der Waals surface area contributed by atoms with Crippen molar-refractivity contribution in [1.29, 1.82) is 0 Å². The van der Waals surface area contributed by atoms with Crippen LogP contribution in [0.1, 0.15) is 12.5 Å². The van der Waals surface area contributed by atoms with Crippen LogP contribution in [-0.2, 0) is 4.79 Å². The monoisotopic (exact) mass is 467 g/mol. The van der Waals surface area contributed by atoms with Crippen LogP contribution in [0.15, 0.2) is 45.8 Å².